The molecule has 19 heavy (non-hydrogen) atoms. The van der Waals surface area contributed by atoms with Crippen LogP contribution < -0.4 is 5.32 Å². The summed E-state index contributed by atoms with van der Waals surface area (Å²) in [6.07, 6.45) is 0. The molecule has 1 aromatic heterocycles. The summed E-state index contributed by atoms with van der Waals surface area (Å²) < 4.78 is 2.17. The summed E-state index contributed by atoms with van der Waals surface area (Å²) in [6, 6.07) is 4.38. The van der Waals surface area contributed by atoms with Crippen molar-refractivity contribution in [3.8, 4) is 11.3 Å². The Morgan fingerprint density at radius 1 is 1.11 bits per heavy atom. The van der Waals surface area contributed by atoms with E-state index in [1.54, 1.807) is 0 Å². The van der Waals surface area contributed by atoms with Gasteiger partial charge in [0.15, 0.2) is 0 Å². The van der Waals surface area contributed by atoms with E-state index in [1.165, 1.54) is 27.9 Å². The van der Waals surface area contributed by atoms with Gasteiger partial charge in [-0.15, -0.1) is 0 Å². The van der Waals surface area contributed by atoms with Crippen LogP contribution in [-0.2, 0) is 13.6 Å². The van der Waals surface area contributed by atoms with Crippen LogP contribution in [0.25, 0.3) is 11.3 Å². The predicted octanol–water partition coefficient (Wildman–Crippen LogP) is 3.04. The first-order valence-electron chi connectivity index (χ1n) is 6.71. The number of rotatable bonds is 3. The number of benzene rings is 1. The maximum absolute atomic E-state index is 4.75. The van der Waals surface area contributed by atoms with E-state index in [4.69, 9.17) is 4.98 Å². The highest BCUT2D eigenvalue weighted by Gasteiger charge is 2.16. The van der Waals surface area contributed by atoms with E-state index < -0.39 is 0 Å². The molecule has 0 aliphatic rings. The van der Waals surface area contributed by atoms with Gasteiger partial charge in [-0.2, -0.15) is 0 Å². The van der Waals surface area contributed by atoms with Gasteiger partial charge in [0.1, 0.15) is 5.82 Å². The molecule has 1 N–H and O–H groups in total. The highest BCUT2D eigenvalue weighted by Crippen LogP contribution is 2.29. The number of aryl methyl sites for hydroxylation is 2. The molecule has 0 aliphatic heterocycles. The van der Waals surface area contributed by atoms with Gasteiger partial charge in [0.2, 0.25) is 0 Å². The summed E-state index contributed by atoms with van der Waals surface area (Å²) in [5.41, 5.74) is 7.62. The molecule has 2 rings (SSSR count). The molecule has 0 saturated heterocycles. The minimum Gasteiger partial charge on any atom is -0.334 e. The molecule has 0 spiro atoms. The fourth-order valence-corrected chi connectivity index (χ4v) is 2.45. The Balaban J connectivity index is 2.65. The van der Waals surface area contributed by atoms with E-state index in [9.17, 15) is 0 Å². The van der Waals surface area contributed by atoms with Crippen LogP contribution >= 0.6 is 0 Å². The summed E-state index contributed by atoms with van der Waals surface area (Å²) in [5.74, 6) is 1.05. The van der Waals surface area contributed by atoms with Crippen molar-refractivity contribution in [3.05, 3.63) is 40.3 Å². The summed E-state index contributed by atoms with van der Waals surface area (Å²) >= 11 is 0. The first-order valence-corrected chi connectivity index (χ1v) is 6.71. The zero-order chi connectivity index (χ0) is 14.2. The number of nitrogens with zero attached hydrogens (tertiary/aromatic N) is 2. The van der Waals surface area contributed by atoms with Crippen LogP contribution in [0, 0.1) is 27.7 Å². The van der Waals surface area contributed by atoms with Gasteiger partial charge in [0.05, 0.1) is 11.4 Å². The molecular formula is C16H23N3. The minimum atomic E-state index is 0.832. The predicted molar refractivity (Wildman–Crippen MR) is 80.4 cm³/mol. The molecule has 0 bridgehead atoms. The first-order chi connectivity index (χ1) is 8.97. The molecule has 0 amide bonds. The molecule has 0 radical (unpaired) electrons. The normalized spacial score (nSPS) is 11.1. The van der Waals surface area contributed by atoms with Gasteiger partial charge < -0.3 is 9.88 Å². The van der Waals surface area contributed by atoms with Crippen molar-refractivity contribution >= 4 is 0 Å². The SMILES string of the molecule is CNCc1c(-c2ccc(C)c(C)c2C)nc(C)n1C. The monoisotopic (exact) mass is 257 g/mol. The lowest BCUT2D eigenvalue weighted by molar-refractivity contribution is 0.722. The van der Waals surface area contributed by atoms with Gasteiger partial charge >= 0.3 is 0 Å². The molecular weight excluding hydrogens is 234 g/mol. The number of hydrogen-bond donors (Lipinski definition) is 1. The Kier molecular flexibility index (Phi) is 3.76. The van der Waals surface area contributed by atoms with Crippen molar-refractivity contribution in [2.45, 2.75) is 34.2 Å². The molecule has 0 unspecified atom stereocenters. The first kappa shape index (κ1) is 13.8. The molecule has 3 nitrogen and oxygen atoms in total. The lowest BCUT2D eigenvalue weighted by Crippen LogP contribution is -2.11. The second-order valence-electron chi connectivity index (χ2n) is 5.22. The third-order valence-electron chi connectivity index (χ3n) is 4.09. The van der Waals surface area contributed by atoms with Crippen LogP contribution in [0.1, 0.15) is 28.2 Å². The number of imidazole rings is 1. The van der Waals surface area contributed by atoms with Gasteiger partial charge in [-0.3, -0.25) is 0 Å². The van der Waals surface area contributed by atoms with Gasteiger partial charge in [-0.1, -0.05) is 12.1 Å². The van der Waals surface area contributed by atoms with Crippen LogP contribution in [0.2, 0.25) is 0 Å². The third-order valence-corrected chi connectivity index (χ3v) is 4.09. The molecule has 3 heteroatoms. The van der Waals surface area contributed by atoms with Crippen LogP contribution in [-0.4, -0.2) is 16.6 Å². The number of aromatic nitrogens is 2. The van der Waals surface area contributed by atoms with E-state index in [0.717, 1.165) is 18.1 Å². The maximum atomic E-state index is 4.75. The van der Waals surface area contributed by atoms with E-state index in [2.05, 4.69) is 56.8 Å². The van der Waals surface area contributed by atoms with Crippen molar-refractivity contribution in [2.24, 2.45) is 7.05 Å². The Morgan fingerprint density at radius 2 is 1.79 bits per heavy atom. The Labute approximate surface area is 115 Å². The Morgan fingerprint density at radius 3 is 2.42 bits per heavy atom. The maximum Gasteiger partial charge on any atom is 0.106 e. The van der Waals surface area contributed by atoms with Gasteiger partial charge in [-0.05, 0) is 51.4 Å². The smallest absolute Gasteiger partial charge is 0.106 e. The zero-order valence-electron chi connectivity index (χ0n) is 12.8. The lowest BCUT2D eigenvalue weighted by atomic mass is 9.96. The molecule has 102 valence electrons. The molecule has 1 aromatic carbocycles. The quantitative estimate of drug-likeness (QED) is 0.916. The zero-order valence-corrected chi connectivity index (χ0v) is 12.8. The average Bonchev–Trinajstić information content (AvgIpc) is 2.65. The fraction of sp³-hybridized carbons (Fsp3) is 0.438. The van der Waals surface area contributed by atoms with Crippen molar-refractivity contribution in [1.82, 2.24) is 14.9 Å². The van der Waals surface area contributed by atoms with Crippen LogP contribution in [0.5, 0.6) is 0 Å². The molecule has 0 aliphatic carbocycles. The van der Waals surface area contributed by atoms with Gasteiger partial charge in [-0.25, -0.2) is 4.98 Å². The molecule has 0 atom stereocenters. The van der Waals surface area contributed by atoms with Crippen molar-refractivity contribution < 1.29 is 0 Å². The van der Waals surface area contributed by atoms with Crippen molar-refractivity contribution in [2.75, 3.05) is 7.05 Å². The third kappa shape index (κ3) is 2.30. The molecule has 0 fully saturated rings. The standard InChI is InChI=1S/C16H23N3/c1-10-7-8-14(12(3)11(10)2)16-15(9-17-5)19(6)13(4)18-16/h7-8,17H,9H2,1-6H3. The van der Waals surface area contributed by atoms with Crippen LogP contribution in [0.3, 0.4) is 0 Å². The van der Waals surface area contributed by atoms with Gasteiger partial charge in [0.25, 0.3) is 0 Å². The number of hydrogen-bond acceptors (Lipinski definition) is 2. The Hall–Kier alpha value is -1.61. The topological polar surface area (TPSA) is 29.9 Å². The van der Waals surface area contributed by atoms with Gasteiger partial charge in [0, 0.05) is 19.2 Å². The average molecular weight is 257 g/mol. The van der Waals surface area contributed by atoms with Crippen LogP contribution in [0.4, 0.5) is 0 Å². The summed E-state index contributed by atoms with van der Waals surface area (Å²) in [4.78, 5) is 4.75. The summed E-state index contributed by atoms with van der Waals surface area (Å²) in [5, 5.41) is 3.23. The lowest BCUT2D eigenvalue weighted by Gasteiger charge is -2.12. The highest BCUT2D eigenvalue weighted by molar-refractivity contribution is 5.68. The van der Waals surface area contributed by atoms with E-state index in [-0.39, 0.29) is 0 Å². The summed E-state index contributed by atoms with van der Waals surface area (Å²) in [7, 11) is 4.05. The van der Waals surface area contributed by atoms with Crippen molar-refractivity contribution in [1.29, 1.82) is 0 Å². The fourth-order valence-electron chi connectivity index (χ4n) is 2.45. The highest BCUT2D eigenvalue weighted by atomic mass is 15.1. The summed E-state index contributed by atoms with van der Waals surface area (Å²) in [6.45, 7) is 9.41. The second-order valence-corrected chi connectivity index (χ2v) is 5.22. The van der Waals surface area contributed by atoms with Crippen molar-refractivity contribution in [3.63, 3.8) is 0 Å². The van der Waals surface area contributed by atoms with E-state index >= 15 is 0 Å². The minimum absolute atomic E-state index is 0.832. The largest absolute Gasteiger partial charge is 0.334 e. The molecule has 2 aromatic rings. The second kappa shape index (κ2) is 5.17. The molecule has 0 saturated carbocycles. The Bertz CT molecular complexity index is 609. The number of nitrogens with one attached hydrogen (secondary N) is 1. The van der Waals surface area contributed by atoms with Crippen LogP contribution in [0.15, 0.2) is 12.1 Å². The van der Waals surface area contributed by atoms with E-state index in [0.29, 0.717) is 0 Å². The molecule has 1 heterocycles. The van der Waals surface area contributed by atoms with E-state index in [1.807, 2.05) is 7.05 Å².